The van der Waals surface area contributed by atoms with Gasteiger partial charge >= 0.3 is 0 Å². The number of methoxy groups -OCH3 is 3. The van der Waals surface area contributed by atoms with E-state index in [-0.39, 0.29) is 28.1 Å². The van der Waals surface area contributed by atoms with Gasteiger partial charge in [0.1, 0.15) is 11.5 Å². The lowest BCUT2D eigenvalue weighted by Crippen LogP contribution is -2.56. The second kappa shape index (κ2) is 9.30. The van der Waals surface area contributed by atoms with E-state index in [1.165, 1.54) is 6.42 Å². The third-order valence-electron chi connectivity index (χ3n) is 11.5. The molecule has 7 heteroatoms. The van der Waals surface area contributed by atoms with Gasteiger partial charge in [0.05, 0.1) is 45.1 Å². The zero-order valence-corrected chi connectivity index (χ0v) is 24.9. The molecular formula is C33H43NO6. The van der Waals surface area contributed by atoms with Crippen molar-refractivity contribution >= 4 is 5.91 Å². The van der Waals surface area contributed by atoms with E-state index in [9.17, 15) is 9.90 Å². The van der Waals surface area contributed by atoms with E-state index in [0.29, 0.717) is 65.8 Å². The summed E-state index contributed by atoms with van der Waals surface area (Å²) >= 11 is 0. The monoisotopic (exact) mass is 549 g/mol. The molecule has 40 heavy (non-hydrogen) atoms. The highest BCUT2D eigenvalue weighted by Gasteiger charge is 2.71. The number of fused-ring (bicyclic) bond motifs is 4. The molecule has 1 amide bonds. The molecule has 2 aromatic rings. The van der Waals surface area contributed by atoms with Crippen molar-refractivity contribution in [3.8, 4) is 23.0 Å². The normalized spacial score (nSPS) is 34.1. The molecule has 1 N–H and O–H groups in total. The maximum atomic E-state index is 13.5. The van der Waals surface area contributed by atoms with E-state index in [1.54, 1.807) is 26.2 Å². The van der Waals surface area contributed by atoms with E-state index in [0.717, 1.165) is 30.4 Å². The molecule has 2 heterocycles. The summed E-state index contributed by atoms with van der Waals surface area (Å²) in [6.45, 7) is 10.3. The number of aromatic hydroxyl groups is 1. The van der Waals surface area contributed by atoms with Gasteiger partial charge in [-0.3, -0.25) is 4.79 Å². The Balaban J connectivity index is 1.31. The smallest absolute Gasteiger partial charge is 0.255 e. The van der Waals surface area contributed by atoms with Gasteiger partial charge in [0, 0.05) is 23.1 Å². The van der Waals surface area contributed by atoms with Crippen LogP contribution >= 0.6 is 0 Å². The predicted octanol–water partition coefficient (Wildman–Crippen LogP) is 6.13. The predicted molar refractivity (Wildman–Crippen MR) is 152 cm³/mol. The van der Waals surface area contributed by atoms with Crippen LogP contribution in [0.1, 0.15) is 80.4 Å². The summed E-state index contributed by atoms with van der Waals surface area (Å²) in [5, 5.41) is 11.8. The molecular weight excluding hydrogens is 506 g/mol. The summed E-state index contributed by atoms with van der Waals surface area (Å²) in [5.41, 5.74) is 3.00. The summed E-state index contributed by atoms with van der Waals surface area (Å²) in [5.74, 6) is 2.94. The number of carbonyl (C=O) groups is 1. The van der Waals surface area contributed by atoms with Crippen LogP contribution < -0.4 is 14.2 Å². The third-order valence-corrected chi connectivity index (χ3v) is 11.5. The Morgan fingerprint density at radius 1 is 1.00 bits per heavy atom. The summed E-state index contributed by atoms with van der Waals surface area (Å²) in [6, 6.07) is 7.52. The second-order valence-corrected chi connectivity index (χ2v) is 13.2. The number of nitrogens with zero attached hydrogens (tertiary/aromatic N) is 1. The number of phenols is 1. The van der Waals surface area contributed by atoms with Crippen LogP contribution in [0.2, 0.25) is 0 Å². The first-order valence-corrected chi connectivity index (χ1v) is 14.6. The number of amides is 1. The van der Waals surface area contributed by atoms with E-state index < -0.39 is 0 Å². The zero-order valence-electron chi connectivity index (χ0n) is 24.9. The fourth-order valence-corrected chi connectivity index (χ4v) is 8.62. The van der Waals surface area contributed by atoms with Gasteiger partial charge in [-0.25, -0.2) is 0 Å². The Labute approximate surface area is 237 Å². The van der Waals surface area contributed by atoms with Crippen LogP contribution in [0.25, 0.3) is 0 Å². The van der Waals surface area contributed by atoms with Crippen molar-refractivity contribution in [2.45, 2.75) is 84.6 Å². The van der Waals surface area contributed by atoms with Gasteiger partial charge in [-0.1, -0.05) is 26.8 Å². The third kappa shape index (κ3) is 3.76. The molecule has 0 bridgehead atoms. The van der Waals surface area contributed by atoms with Crippen molar-refractivity contribution in [1.82, 2.24) is 4.90 Å². The Morgan fingerprint density at radius 3 is 2.42 bits per heavy atom. The highest BCUT2D eigenvalue weighted by Crippen LogP contribution is 2.70. The molecule has 2 saturated carbocycles. The zero-order chi connectivity index (χ0) is 28.6. The summed E-state index contributed by atoms with van der Waals surface area (Å²) in [4.78, 5) is 15.3. The van der Waals surface area contributed by atoms with Gasteiger partial charge < -0.3 is 29.0 Å². The molecule has 4 aliphatic rings. The highest BCUT2D eigenvalue weighted by molar-refractivity contribution is 6.00. The van der Waals surface area contributed by atoms with Crippen molar-refractivity contribution in [3.63, 3.8) is 0 Å². The molecule has 2 aromatic carbocycles. The molecule has 6 atom stereocenters. The second-order valence-electron chi connectivity index (χ2n) is 13.2. The minimum Gasteiger partial charge on any atom is -0.507 e. The minimum atomic E-state index is -0.105. The average molecular weight is 550 g/mol. The number of epoxide rings is 1. The fourth-order valence-electron chi connectivity index (χ4n) is 8.62. The van der Waals surface area contributed by atoms with Crippen LogP contribution in [-0.2, 0) is 24.2 Å². The van der Waals surface area contributed by atoms with E-state index in [2.05, 4.69) is 27.7 Å². The van der Waals surface area contributed by atoms with Gasteiger partial charge in [0.2, 0.25) is 0 Å². The van der Waals surface area contributed by atoms with Crippen molar-refractivity contribution in [1.29, 1.82) is 0 Å². The first-order valence-electron chi connectivity index (χ1n) is 14.6. The highest BCUT2D eigenvalue weighted by atomic mass is 16.6. The van der Waals surface area contributed by atoms with Crippen LogP contribution in [-0.4, -0.2) is 48.9 Å². The number of hydrogen-bond donors (Lipinski definition) is 1. The number of hydrogen-bond acceptors (Lipinski definition) is 6. The molecule has 0 unspecified atom stereocenters. The Kier molecular flexibility index (Phi) is 6.34. The van der Waals surface area contributed by atoms with Crippen LogP contribution in [0.5, 0.6) is 23.0 Å². The van der Waals surface area contributed by atoms with Crippen molar-refractivity contribution in [2.24, 2.45) is 22.7 Å². The summed E-state index contributed by atoms with van der Waals surface area (Å²) < 4.78 is 23.0. The number of ether oxygens (including phenoxy) is 4. The maximum Gasteiger partial charge on any atom is 0.255 e. The molecule has 2 aliphatic carbocycles. The van der Waals surface area contributed by atoms with Gasteiger partial charge in [-0.15, -0.1) is 0 Å². The van der Waals surface area contributed by atoms with Crippen LogP contribution in [0.3, 0.4) is 0 Å². The molecule has 0 aromatic heterocycles. The number of carbonyl (C=O) groups excluding carboxylic acids is 1. The first-order chi connectivity index (χ1) is 19.0. The fraction of sp³-hybridized carbons (Fsp3) is 0.606. The Bertz CT molecular complexity index is 1360. The standard InChI is InChI=1S/C33H43NO6/c1-19-12-13-32(3)27(10-11-28-33(32,4)40-28)31(19,2)16-22-25(38-6)15-21-23(29(22)35)18-34(30(21)36)17-20-8-9-24(37-5)26(14-20)39-7/h8-9,14-15,19,27-28,35H,10-13,16-18H2,1-7H3/t19-,27-,28+,31+,32-,33+/m0/s1. The molecule has 2 aliphatic heterocycles. The van der Waals surface area contributed by atoms with E-state index in [4.69, 9.17) is 18.9 Å². The van der Waals surface area contributed by atoms with Crippen LogP contribution in [0.4, 0.5) is 0 Å². The topological polar surface area (TPSA) is 80.8 Å². The molecule has 216 valence electrons. The van der Waals surface area contributed by atoms with Gasteiger partial charge in [-0.05, 0) is 80.0 Å². The first kappa shape index (κ1) is 27.3. The molecule has 6 rings (SSSR count). The van der Waals surface area contributed by atoms with E-state index in [1.807, 2.05) is 24.3 Å². The van der Waals surface area contributed by atoms with Crippen molar-refractivity contribution in [2.75, 3.05) is 21.3 Å². The Hall–Kier alpha value is -2.93. The number of phenolic OH excluding ortho intramolecular Hbond substituents is 1. The number of rotatable bonds is 7. The van der Waals surface area contributed by atoms with Crippen LogP contribution in [0.15, 0.2) is 24.3 Å². The van der Waals surface area contributed by atoms with Crippen LogP contribution in [0, 0.1) is 22.7 Å². The van der Waals surface area contributed by atoms with Gasteiger partial charge in [0.25, 0.3) is 5.91 Å². The molecule has 3 fully saturated rings. The SMILES string of the molecule is COc1ccc(CN2Cc3c(cc(OC)c(C[C@]4(C)[C@@H](C)CC[C@@]5(C)[C@H]4CC[C@H]4O[C@]45C)c3O)C2=O)cc1OC. The van der Waals surface area contributed by atoms with Gasteiger partial charge in [-0.2, -0.15) is 0 Å². The van der Waals surface area contributed by atoms with Crippen molar-refractivity contribution in [3.05, 3.63) is 46.5 Å². The average Bonchev–Trinajstić information content (AvgIpc) is 3.55. The summed E-state index contributed by atoms with van der Waals surface area (Å²) in [7, 11) is 4.84. The lowest BCUT2D eigenvalue weighted by Gasteiger charge is -2.59. The molecule has 0 radical (unpaired) electrons. The van der Waals surface area contributed by atoms with Gasteiger partial charge in [0.15, 0.2) is 11.5 Å². The molecule has 7 nitrogen and oxygen atoms in total. The Morgan fingerprint density at radius 2 is 1.73 bits per heavy atom. The quantitative estimate of drug-likeness (QED) is 0.419. The lowest BCUT2D eigenvalue weighted by molar-refractivity contribution is -0.0982. The maximum absolute atomic E-state index is 13.5. The lowest BCUT2D eigenvalue weighted by atomic mass is 9.44. The summed E-state index contributed by atoms with van der Waals surface area (Å²) in [6.07, 6.45) is 5.66. The number of benzene rings is 2. The van der Waals surface area contributed by atoms with E-state index >= 15 is 0 Å². The largest absolute Gasteiger partial charge is 0.507 e. The van der Waals surface area contributed by atoms with Crippen molar-refractivity contribution < 1.29 is 28.8 Å². The molecule has 1 saturated heterocycles. The minimum absolute atomic E-state index is 0.0339. The molecule has 0 spiro atoms.